The van der Waals surface area contributed by atoms with Crippen LogP contribution >= 0.6 is 0 Å². The third kappa shape index (κ3) is 4.83. The second-order valence-electron chi connectivity index (χ2n) is 5.64. The highest BCUT2D eigenvalue weighted by Crippen LogP contribution is 2.24. The van der Waals surface area contributed by atoms with Gasteiger partial charge in [0, 0.05) is 0 Å². The highest BCUT2D eigenvalue weighted by molar-refractivity contribution is 5.96. The molecule has 2 aromatic carbocycles. The molecule has 0 radical (unpaired) electrons. The first-order chi connectivity index (χ1) is 12.1. The van der Waals surface area contributed by atoms with Gasteiger partial charge in [-0.3, -0.25) is 9.59 Å². The van der Waals surface area contributed by atoms with Crippen LogP contribution in [0, 0.1) is 0 Å². The van der Waals surface area contributed by atoms with Gasteiger partial charge in [-0.05, 0) is 31.0 Å². The fraction of sp³-hybridized carbons (Fsp3) is 0.300. The van der Waals surface area contributed by atoms with E-state index in [2.05, 4.69) is 5.32 Å². The van der Waals surface area contributed by atoms with E-state index < -0.39 is 18.0 Å². The molecule has 1 N–H and O–H groups in total. The maximum absolute atomic E-state index is 12.4. The number of esters is 1. The van der Waals surface area contributed by atoms with Gasteiger partial charge in [-0.25, -0.2) is 0 Å². The molecular weight excluding hydrogens is 318 g/mol. The third-order valence-electron chi connectivity index (χ3n) is 3.92. The molecule has 0 heterocycles. The summed E-state index contributed by atoms with van der Waals surface area (Å²) >= 11 is 0. The number of rotatable bonds is 7. The summed E-state index contributed by atoms with van der Waals surface area (Å²) in [5.41, 5.74) is 1.42. The summed E-state index contributed by atoms with van der Waals surface area (Å²) < 4.78 is 10.6. The molecule has 25 heavy (non-hydrogen) atoms. The van der Waals surface area contributed by atoms with Gasteiger partial charge in [-0.1, -0.05) is 49.4 Å². The van der Waals surface area contributed by atoms with Crippen molar-refractivity contribution in [2.75, 3.05) is 12.4 Å². The summed E-state index contributed by atoms with van der Waals surface area (Å²) in [4.78, 5) is 24.8. The molecular formula is C20H23NO4. The van der Waals surface area contributed by atoms with Crippen LogP contribution in [0.4, 0.5) is 5.69 Å². The summed E-state index contributed by atoms with van der Waals surface area (Å²) in [6.07, 6.45) is -0.306. The highest BCUT2D eigenvalue weighted by Gasteiger charge is 2.25. The van der Waals surface area contributed by atoms with Crippen LogP contribution in [0.25, 0.3) is 0 Å². The number of methoxy groups -OCH3 is 1. The molecule has 132 valence electrons. The molecule has 0 spiro atoms. The first-order valence-corrected chi connectivity index (χ1v) is 8.26. The molecule has 1 amide bonds. The Morgan fingerprint density at radius 1 is 1.04 bits per heavy atom. The van der Waals surface area contributed by atoms with Crippen LogP contribution < -0.4 is 10.1 Å². The highest BCUT2D eigenvalue weighted by atomic mass is 16.5. The second-order valence-corrected chi connectivity index (χ2v) is 5.64. The Kier molecular flexibility index (Phi) is 6.57. The van der Waals surface area contributed by atoms with Gasteiger partial charge in [0.1, 0.15) is 5.75 Å². The zero-order chi connectivity index (χ0) is 18.2. The first-order valence-electron chi connectivity index (χ1n) is 8.26. The molecule has 0 aliphatic heterocycles. The maximum atomic E-state index is 12.4. The van der Waals surface area contributed by atoms with Crippen LogP contribution in [0.1, 0.15) is 31.7 Å². The van der Waals surface area contributed by atoms with E-state index in [-0.39, 0.29) is 5.92 Å². The van der Waals surface area contributed by atoms with Gasteiger partial charge in [0.15, 0.2) is 6.10 Å². The second kappa shape index (κ2) is 8.87. The fourth-order valence-corrected chi connectivity index (χ4v) is 2.52. The van der Waals surface area contributed by atoms with Gasteiger partial charge in [-0.15, -0.1) is 0 Å². The number of amides is 1. The Labute approximate surface area is 148 Å². The molecule has 0 saturated heterocycles. The topological polar surface area (TPSA) is 64.6 Å². The Bertz CT molecular complexity index is 715. The van der Waals surface area contributed by atoms with Crippen molar-refractivity contribution in [3.8, 4) is 5.75 Å². The molecule has 0 unspecified atom stereocenters. The first kappa shape index (κ1) is 18.5. The minimum Gasteiger partial charge on any atom is -0.495 e. The lowest BCUT2D eigenvalue weighted by Crippen LogP contribution is -2.31. The van der Waals surface area contributed by atoms with E-state index in [9.17, 15) is 9.59 Å². The van der Waals surface area contributed by atoms with Crippen molar-refractivity contribution in [3.63, 3.8) is 0 Å². The van der Waals surface area contributed by atoms with Crippen molar-refractivity contribution < 1.29 is 19.1 Å². The SMILES string of the molecule is CC[C@H](C(=O)O[C@H](C)C(=O)Nc1ccccc1OC)c1ccccc1. The van der Waals surface area contributed by atoms with Gasteiger partial charge < -0.3 is 14.8 Å². The van der Waals surface area contributed by atoms with Gasteiger partial charge in [0.25, 0.3) is 5.91 Å². The zero-order valence-electron chi connectivity index (χ0n) is 14.7. The Hall–Kier alpha value is -2.82. The standard InChI is InChI=1S/C20H23NO4/c1-4-16(15-10-6-5-7-11-15)20(23)25-14(2)19(22)21-17-12-8-9-13-18(17)24-3/h5-14,16H,4H2,1-3H3,(H,21,22)/t14-,16+/m1/s1. The summed E-state index contributed by atoms with van der Waals surface area (Å²) in [7, 11) is 1.53. The number of carbonyl (C=O) groups is 2. The quantitative estimate of drug-likeness (QED) is 0.779. The van der Waals surface area contributed by atoms with E-state index in [0.29, 0.717) is 17.9 Å². The molecule has 0 aromatic heterocycles. The van der Waals surface area contributed by atoms with E-state index in [1.807, 2.05) is 43.3 Å². The number of hydrogen-bond acceptors (Lipinski definition) is 4. The monoisotopic (exact) mass is 341 g/mol. The zero-order valence-corrected chi connectivity index (χ0v) is 14.7. The lowest BCUT2D eigenvalue weighted by Gasteiger charge is -2.19. The molecule has 5 heteroatoms. The van der Waals surface area contributed by atoms with E-state index in [1.165, 1.54) is 7.11 Å². The third-order valence-corrected chi connectivity index (χ3v) is 3.92. The van der Waals surface area contributed by atoms with Crippen LogP contribution in [0.15, 0.2) is 54.6 Å². The number of para-hydroxylation sites is 2. The molecule has 0 fully saturated rings. The molecule has 2 atom stereocenters. The summed E-state index contributed by atoms with van der Waals surface area (Å²) in [5.74, 6) is -0.648. The van der Waals surface area contributed by atoms with Crippen LogP contribution in [0.3, 0.4) is 0 Å². The number of hydrogen-bond donors (Lipinski definition) is 1. The van der Waals surface area contributed by atoms with E-state index in [1.54, 1.807) is 25.1 Å². The number of benzene rings is 2. The Morgan fingerprint density at radius 2 is 1.68 bits per heavy atom. The Balaban J connectivity index is 2.01. The predicted molar refractivity (Wildman–Crippen MR) is 96.7 cm³/mol. The van der Waals surface area contributed by atoms with Crippen molar-refractivity contribution in [3.05, 3.63) is 60.2 Å². The minimum absolute atomic E-state index is 0.386. The molecule has 5 nitrogen and oxygen atoms in total. The molecule has 0 saturated carbocycles. The average Bonchev–Trinajstić information content (AvgIpc) is 2.63. The number of ether oxygens (including phenoxy) is 2. The normalized spacial score (nSPS) is 12.8. The molecule has 0 bridgehead atoms. The number of anilines is 1. The van der Waals surface area contributed by atoms with Crippen molar-refractivity contribution in [2.24, 2.45) is 0 Å². The van der Waals surface area contributed by atoms with Gasteiger partial charge in [-0.2, -0.15) is 0 Å². The largest absolute Gasteiger partial charge is 0.495 e. The molecule has 0 aliphatic rings. The predicted octanol–water partition coefficient (Wildman–Crippen LogP) is 3.76. The minimum atomic E-state index is -0.907. The van der Waals surface area contributed by atoms with Crippen LogP contribution in [0.5, 0.6) is 5.75 Å². The lowest BCUT2D eigenvalue weighted by molar-refractivity contribution is -0.154. The summed E-state index contributed by atoms with van der Waals surface area (Å²) in [5, 5.41) is 2.72. The molecule has 2 rings (SSSR count). The van der Waals surface area contributed by atoms with E-state index >= 15 is 0 Å². The van der Waals surface area contributed by atoms with Gasteiger partial charge in [0.05, 0.1) is 18.7 Å². The van der Waals surface area contributed by atoms with E-state index in [0.717, 1.165) is 5.56 Å². The summed E-state index contributed by atoms with van der Waals surface area (Å²) in [6.45, 7) is 3.47. The molecule has 0 aliphatic carbocycles. The summed E-state index contributed by atoms with van der Waals surface area (Å²) in [6, 6.07) is 16.5. The van der Waals surface area contributed by atoms with Crippen LogP contribution in [-0.4, -0.2) is 25.1 Å². The van der Waals surface area contributed by atoms with Crippen molar-refractivity contribution in [1.29, 1.82) is 0 Å². The van der Waals surface area contributed by atoms with Gasteiger partial charge in [0.2, 0.25) is 0 Å². The smallest absolute Gasteiger partial charge is 0.314 e. The van der Waals surface area contributed by atoms with Crippen LogP contribution in [-0.2, 0) is 14.3 Å². The van der Waals surface area contributed by atoms with Crippen molar-refractivity contribution in [1.82, 2.24) is 0 Å². The van der Waals surface area contributed by atoms with Crippen LogP contribution in [0.2, 0.25) is 0 Å². The number of nitrogens with one attached hydrogen (secondary N) is 1. The van der Waals surface area contributed by atoms with E-state index in [4.69, 9.17) is 9.47 Å². The van der Waals surface area contributed by atoms with Crippen molar-refractivity contribution >= 4 is 17.6 Å². The van der Waals surface area contributed by atoms with Gasteiger partial charge >= 0.3 is 5.97 Å². The molecule has 2 aromatic rings. The maximum Gasteiger partial charge on any atom is 0.314 e. The lowest BCUT2D eigenvalue weighted by atomic mass is 9.97. The Morgan fingerprint density at radius 3 is 2.32 bits per heavy atom. The fourth-order valence-electron chi connectivity index (χ4n) is 2.52. The van der Waals surface area contributed by atoms with Crippen molar-refractivity contribution in [2.45, 2.75) is 32.3 Å². The number of carbonyl (C=O) groups excluding carboxylic acids is 2. The average molecular weight is 341 g/mol.